The Morgan fingerprint density at radius 3 is 2.50 bits per heavy atom. The Bertz CT molecular complexity index is 517. The molecule has 108 valence electrons. The number of esters is 2. The molecule has 0 radical (unpaired) electrons. The summed E-state index contributed by atoms with van der Waals surface area (Å²) in [5.74, 6) is -1.40. The summed E-state index contributed by atoms with van der Waals surface area (Å²) in [4.78, 5) is 35.5. The maximum atomic E-state index is 12.0. The lowest BCUT2D eigenvalue weighted by Gasteiger charge is -2.33. The molecule has 0 bridgehead atoms. The minimum Gasteiger partial charge on any atom is -0.479 e. The second-order valence-electron chi connectivity index (χ2n) is 4.56. The summed E-state index contributed by atoms with van der Waals surface area (Å²) in [5.41, 5.74) is -1.23. The minimum absolute atomic E-state index is 0.0728. The van der Waals surface area contributed by atoms with Gasteiger partial charge in [-0.15, -0.1) is 0 Å². The molecule has 0 spiro atoms. The average molecular weight is 281 g/mol. The lowest BCUT2D eigenvalue weighted by Crippen LogP contribution is -2.47. The highest BCUT2D eigenvalue weighted by Crippen LogP contribution is 2.37. The van der Waals surface area contributed by atoms with E-state index in [1.54, 1.807) is 6.92 Å². The van der Waals surface area contributed by atoms with Gasteiger partial charge >= 0.3 is 11.9 Å². The summed E-state index contributed by atoms with van der Waals surface area (Å²) >= 11 is 0. The molecule has 1 aliphatic heterocycles. The lowest BCUT2D eigenvalue weighted by atomic mass is 9.79. The van der Waals surface area contributed by atoms with Crippen LogP contribution in [0.25, 0.3) is 0 Å². The van der Waals surface area contributed by atoms with E-state index in [1.807, 2.05) is 0 Å². The maximum absolute atomic E-state index is 12.0. The molecular weight excluding hydrogens is 266 g/mol. The van der Waals surface area contributed by atoms with E-state index in [9.17, 15) is 14.4 Å². The summed E-state index contributed by atoms with van der Waals surface area (Å²) in [6.07, 6.45) is 2.16. The molecule has 7 heteroatoms. The van der Waals surface area contributed by atoms with Gasteiger partial charge < -0.3 is 19.5 Å². The quantitative estimate of drug-likeness (QED) is 0.567. The molecule has 1 heterocycles. The van der Waals surface area contributed by atoms with E-state index in [0.29, 0.717) is 11.5 Å². The van der Waals surface area contributed by atoms with Crippen LogP contribution in [0.15, 0.2) is 23.6 Å². The maximum Gasteiger partial charge on any atom is 0.327 e. The van der Waals surface area contributed by atoms with E-state index in [1.165, 1.54) is 26.4 Å². The normalized spacial score (nSPS) is 23.4. The van der Waals surface area contributed by atoms with E-state index in [0.717, 1.165) is 0 Å². The van der Waals surface area contributed by atoms with E-state index in [4.69, 9.17) is 4.74 Å². The molecule has 2 aliphatic rings. The van der Waals surface area contributed by atoms with Crippen LogP contribution in [0.3, 0.4) is 0 Å². The van der Waals surface area contributed by atoms with Gasteiger partial charge in [-0.25, -0.2) is 0 Å². The number of amides is 1. The first kappa shape index (κ1) is 14.1. The Balaban J connectivity index is 2.38. The summed E-state index contributed by atoms with van der Waals surface area (Å²) in [6, 6.07) is 0. The molecule has 0 aromatic carbocycles. The van der Waals surface area contributed by atoms with Crippen molar-refractivity contribution >= 4 is 17.8 Å². The first-order valence-corrected chi connectivity index (χ1v) is 6.01. The summed E-state index contributed by atoms with van der Waals surface area (Å²) in [5, 5.41) is 2.63. The molecular formula is C13H15NO6. The van der Waals surface area contributed by atoms with Crippen LogP contribution in [0, 0.1) is 5.41 Å². The van der Waals surface area contributed by atoms with Gasteiger partial charge in [0.1, 0.15) is 5.76 Å². The van der Waals surface area contributed by atoms with Gasteiger partial charge in [0.15, 0.2) is 11.5 Å². The van der Waals surface area contributed by atoms with Crippen molar-refractivity contribution in [2.45, 2.75) is 19.4 Å². The third kappa shape index (κ3) is 2.04. The number of allylic oxidation sites excluding steroid dienone is 2. The van der Waals surface area contributed by atoms with Crippen LogP contribution >= 0.6 is 0 Å². The second kappa shape index (κ2) is 4.99. The lowest BCUT2D eigenvalue weighted by molar-refractivity contribution is -0.165. The molecule has 1 amide bonds. The predicted octanol–water partition coefficient (Wildman–Crippen LogP) is 0.0252. The number of hydrogen-bond donors (Lipinski definition) is 1. The molecule has 1 unspecified atom stereocenters. The van der Waals surface area contributed by atoms with Gasteiger partial charge in [-0.3, -0.25) is 14.4 Å². The van der Waals surface area contributed by atoms with E-state index in [2.05, 4.69) is 14.8 Å². The van der Waals surface area contributed by atoms with Crippen molar-refractivity contribution in [1.29, 1.82) is 0 Å². The third-order valence-electron chi connectivity index (χ3n) is 3.32. The zero-order chi connectivity index (χ0) is 14.9. The molecule has 7 nitrogen and oxygen atoms in total. The number of nitrogens with one attached hydrogen (secondary N) is 1. The molecule has 1 N–H and O–H groups in total. The number of rotatable bonds is 2. The van der Waals surface area contributed by atoms with Gasteiger partial charge in [-0.1, -0.05) is 6.08 Å². The smallest absolute Gasteiger partial charge is 0.327 e. The zero-order valence-corrected chi connectivity index (χ0v) is 11.4. The summed E-state index contributed by atoms with van der Waals surface area (Å²) in [7, 11) is 2.37. The van der Waals surface area contributed by atoms with Crippen molar-refractivity contribution in [3.8, 4) is 0 Å². The first-order chi connectivity index (χ1) is 9.44. The number of ether oxygens (including phenoxy) is 3. The van der Waals surface area contributed by atoms with Crippen LogP contribution in [0.2, 0.25) is 0 Å². The third-order valence-corrected chi connectivity index (χ3v) is 3.32. The van der Waals surface area contributed by atoms with Crippen LogP contribution in [0.4, 0.5) is 0 Å². The largest absolute Gasteiger partial charge is 0.479 e. The number of methoxy groups -OCH3 is 2. The zero-order valence-electron chi connectivity index (χ0n) is 11.4. The molecule has 1 aliphatic carbocycles. The van der Waals surface area contributed by atoms with Crippen molar-refractivity contribution in [1.82, 2.24) is 5.32 Å². The van der Waals surface area contributed by atoms with Gasteiger partial charge in [0.05, 0.1) is 19.9 Å². The topological polar surface area (TPSA) is 90.9 Å². The fourth-order valence-corrected chi connectivity index (χ4v) is 2.18. The number of hydrogen-bond acceptors (Lipinski definition) is 6. The first-order valence-electron chi connectivity index (χ1n) is 6.01. The van der Waals surface area contributed by atoms with Crippen molar-refractivity contribution < 1.29 is 28.6 Å². The average Bonchev–Trinajstić information content (AvgIpc) is 2.46. The molecule has 1 atom stereocenters. The molecule has 0 aromatic heterocycles. The minimum atomic E-state index is -1.60. The Kier molecular flexibility index (Phi) is 3.52. The van der Waals surface area contributed by atoms with Crippen molar-refractivity contribution in [2.75, 3.05) is 14.2 Å². The summed E-state index contributed by atoms with van der Waals surface area (Å²) in [6.45, 7) is 1.61. The SMILES string of the molecule is COC(=O)C1(C(=O)OC)C=CC2=C(C1)NC(=O)C(C)O2. The fraction of sp³-hybridized carbons (Fsp3) is 0.462. The molecule has 20 heavy (non-hydrogen) atoms. The Morgan fingerprint density at radius 2 is 1.95 bits per heavy atom. The van der Waals surface area contributed by atoms with Crippen LogP contribution in [0.1, 0.15) is 13.3 Å². The Morgan fingerprint density at radius 1 is 1.35 bits per heavy atom. The molecule has 2 rings (SSSR count). The Labute approximate surface area is 115 Å². The monoisotopic (exact) mass is 281 g/mol. The van der Waals surface area contributed by atoms with Gasteiger partial charge in [-0.2, -0.15) is 0 Å². The van der Waals surface area contributed by atoms with Gasteiger partial charge in [0.2, 0.25) is 0 Å². The van der Waals surface area contributed by atoms with E-state index in [-0.39, 0.29) is 12.3 Å². The van der Waals surface area contributed by atoms with Gasteiger partial charge in [-0.05, 0) is 13.0 Å². The molecule has 0 aromatic rings. The van der Waals surface area contributed by atoms with E-state index < -0.39 is 23.5 Å². The molecule has 0 saturated heterocycles. The molecule has 0 fully saturated rings. The van der Waals surface area contributed by atoms with Crippen LogP contribution in [-0.4, -0.2) is 38.2 Å². The highest BCUT2D eigenvalue weighted by Gasteiger charge is 2.50. The number of carbonyl (C=O) groups is 3. The Hall–Kier alpha value is -2.31. The summed E-state index contributed by atoms with van der Waals surface area (Å²) < 4.78 is 14.8. The number of carbonyl (C=O) groups excluding carboxylic acids is 3. The van der Waals surface area contributed by atoms with Gasteiger partial charge in [0.25, 0.3) is 5.91 Å². The highest BCUT2D eigenvalue weighted by atomic mass is 16.5. The van der Waals surface area contributed by atoms with Crippen molar-refractivity contribution in [2.24, 2.45) is 5.41 Å². The van der Waals surface area contributed by atoms with Gasteiger partial charge in [0, 0.05) is 6.42 Å². The van der Waals surface area contributed by atoms with Crippen molar-refractivity contribution in [3.63, 3.8) is 0 Å². The standard InChI is InChI=1S/C13H15NO6/c1-7-10(15)14-8-6-13(11(16)18-2,12(17)19-3)5-4-9(8)20-7/h4-5,7H,6H2,1-3H3,(H,14,15). The highest BCUT2D eigenvalue weighted by molar-refractivity contribution is 6.03. The fourth-order valence-electron chi connectivity index (χ4n) is 2.18. The van der Waals surface area contributed by atoms with Crippen LogP contribution < -0.4 is 5.32 Å². The van der Waals surface area contributed by atoms with Crippen molar-refractivity contribution in [3.05, 3.63) is 23.6 Å². The molecule has 0 saturated carbocycles. The van der Waals surface area contributed by atoms with Crippen LogP contribution in [0.5, 0.6) is 0 Å². The van der Waals surface area contributed by atoms with E-state index >= 15 is 0 Å². The second-order valence-corrected chi connectivity index (χ2v) is 4.56. The predicted molar refractivity (Wildman–Crippen MR) is 65.9 cm³/mol. The van der Waals surface area contributed by atoms with Crippen LogP contribution in [-0.2, 0) is 28.6 Å².